The lowest BCUT2D eigenvalue weighted by molar-refractivity contribution is -0.385. The van der Waals surface area contributed by atoms with E-state index < -0.39 is 27.4 Å². The van der Waals surface area contributed by atoms with Gasteiger partial charge < -0.3 is 19.5 Å². The molecule has 0 heterocycles. The molecule has 40 heavy (non-hydrogen) atoms. The number of carbonyl (C=O) groups excluding carboxylic acids is 1. The first-order chi connectivity index (χ1) is 18.9. The minimum absolute atomic E-state index is 0.00904. The fraction of sp³-hybridized carbons (Fsp3) is 0.296. The Hall–Kier alpha value is -4.03. The normalized spacial score (nSPS) is 11.2. The van der Waals surface area contributed by atoms with Crippen molar-refractivity contribution in [1.82, 2.24) is 5.32 Å². The molecule has 0 radical (unpaired) electrons. The smallest absolute Gasteiger partial charge is 0.273 e. The third kappa shape index (κ3) is 7.13. The summed E-state index contributed by atoms with van der Waals surface area (Å²) in [6.07, 6.45) is -0.0640. The lowest BCUT2D eigenvalue weighted by Gasteiger charge is -2.26. The van der Waals surface area contributed by atoms with Gasteiger partial charge in [-0.3, -0.25) is 19.2 Å². The first-order valence-corrected chi connectivity index (χ1v) is 13.9. The first-order valence-electron chi connectivity index (χ1n) is 12.1. The molecule has 0 aliphatic heterocycles. The van der Waals surface area contributed by atoms with Crippen LogP contribution in [0.25, 0.3) is 0 Å². The lowest BCUT2D eigenvalue weighted by Crippen LogP contribution is -2.41. The van der Waals surface area contributed by atoms with Gasteiger partial charge in [0.25, 0.3) is 15.7 Å². The number of amides is 1. The molecule has 0 aliphatic carbocycles. The van der Waals surface area contributed by atoms with Crippen molar-refractivity contribution in [3.8, 4) is 17.2 Å². The zero-order valence-electron chi connectivity index (χ0n) is 22.6. The van der Waals surface area contributed by atoms with Crippen molar-refractivity contribution >= 4 is 38.9 Å². The molecule has 11 nitrogen and oxygen atoms in total. The van der Waals surface area contributed by atoms with Crippen LogP contribution in [0, 0.1) is 17.0 Å². The van der Waals surface area contributed by atoms with E-state index in [4.69, 9.17) is 25.8 Å². The Bertz CT molecular complexity index is 1510. The van der Waals surface area contributed by atoms with Gasteiger partial charge in [-0.1, -0.05) is 23.7 Å². The van der Waals surface area contributed by atoms with Crippen LogP contribution in [0.15, 0.2) is 59.5 Å². The SMILES string of the molecule is COc1cc(CNC(=O)CN(c2cc(Cl)ccc2OC)S(=O)(=O)c2ccc(C)c([N+](=O)[O-])c2)ccc1OC(C)C. The highest BCUT2D eigenvalue weighted by molar-refractivity contribution is 7.92. The van der Waals surface area contributed by atoms with E-state index in [-0.39, 0.29) is 45.3 Å². The highest BCUT2D eigenvalue weighted by Gasteiger charge is 2.31. The van der Waals surface area contributed by atoms with Crippen molar-refractivity contribution in [2.24, 2.45) is 0 Å². The van der Waals surface area contributed by atoms with Crippen LogP contribution in [0.3, 0.4) is 0 Å². The molecule has 0 fully saturated rings. The maximum Gasteiger partial charge on any atom is 0.273 e. The first kappa shape index (κ1) is 30.5. The molecular weight excluding hydrogens is 562 g/mol. The van der Waals surface area contributed by atoms with E-state index in [1.165, 1.54) is 51.5 Å². The molecule has 0 spiro atoms. The molecule has 214 valence electrons. The second-order valence-electron chi connectivity index (χ2n) is 8.96. The topological polar surface area (TPSA) is 137 Å². The molecular formula is C27H30ClN3O8S. The van der Waals surface area contributed by atoms with Gasteiger partial charge >= 0.3 is 0 Å². The van der Waals surface area contributed by atoms with Gasteiger partial charge in [-0.25, -0.2) is 8.42 Å². The summed E-state index contributed by atoms with van der Waals surface area (Å²) in [6, 6.07) is 13.0. The molecule has 0 atom stereocenters. The number of hydrogen-bond donors (Lipinski definition) is 1. The number of rotatable bonds is 12. The van der Waals surface area contributed by atoms with E-state index in [1.807, 2.05) is 13.8 Å². The maximum atomic E-state index is 13.8. The third-order valence-corrected chi connectivity index (χ3v) is 7.73. The number of nitrogens with one attached hydrogen (secondary N) is 1. The number of ether oxygens (including phenoxy) is 3. The van der Waals surface area contributed by atoms with E-state index in [1.54, 1.807) is 18.2 Å². The Kier molecular flexibility index (Phi) is 9.83. The summed E-state index contributed by atoms with van der Waals surface area (Å²) >= 11 is 6.16. The average molecular weight is 592 g/mol. The largest absolute Gasteiger partial charge is 0.495 e. The predicted molar refractivity (Wildman–Crippen MR) is 151 cm³/mol. The number of anilines is 1. The standard InChI is InChI=1S/C27H30ClN3O8S/c1-17(2)39-25-10-7-19(12-26(25)38-5)15-29-27(32)16-30(23-13-20(28)8-11-24(23)37-4)40(35,36)21-9-6-18(3)22(14-21)31(33)34/h6-14,17H,15-16H2,1-5H3,(H,29,32). The number of nitro benzene ring substituents is 1. The Labute approximate surface area is 237 Å². The Balaban J connectivity index is 1.95. The predicted octanol–water partition coefficient (Wildman–Crippen LogP) is 4.87. The van der Waals surface area contributed by atoms with Crippen LogP contribution >= 0.6 is 11.6 Å². The van der Waals surface area contributed by atoms with Gasteiger partial charge in [0, 0.05) is 23.2 Å². The average Bonchev–Trinajstić information content (AvgIpc) is 2.90. The maximum absolute atomic E-state index is 13.8. The lowest BCUT2D eigenvalue weighted by atomic mass is 10.2. The van der Waals surface area contributed by atoms with Crippen molar-refractivity contribution in [2.45, 2.75) is 38.3 Å². The zero-order chi connectivity index (χ0) is 29.6. The van der Waals surface area contributed by atoms with E-state index in [0.717, 1.165) is 10.4 Å². The number of nitrogens with zero attached hydrogens (tertiary/aromatic N) is 2. The van der Waals surface area contributed by atoms with Gasteiger partial charge in [0.05, 0.1) is 35.8 Å². The molecule has 0 unspecified atom stereocenters. The van der Waals surface area contributed by atoms with Crippen molar-refractivity contribution in [3.63, 3.8) is 0 Å². The van der Waals surface area contributed by atoms with E-state index >= 15 is 0 Å². The van der Waals surface area contributed by atoms with Crippen LogP contribution in [0.4, 0.5) is 11.4 Å². The highest BCUT2D eigenvalue weighted by Crippen LogP contribution is 2.36. The zero-order valence-corrected chi connectivity index (χ0v) is 24.2. The number of methoxy groups -OCH3 is 2. The van der Waals surface area contributed by atoms with Crippen LogP contribution in [-0.4, -0.2) is 46.1 Å². The van der Waals surface area contributed by atoms with Crippen LogP contribution < -0.4 is 23.8 Å². The fourth-order valence-corrected chi connectivity index (χ4v) is 5.40. The minimum atomic E-state index is -4.49. The molecule has 3 aromatic carbocycles. The van der Waals surface area contributed by atoms with Crippen molar-refractivity contribution in [2.75, 3.05) is 25.1 Å². The summed E-state index contributed by atoms with van der Waals surface area (Å²) in [5.74, 6) is 0.515. The molecule has 1 amide bonds. The van der Waals surface area contributed by atoms with Gasteiger partial charge in [0.1, 0.15) is 12.3 Å². The Morgan fingerprint density at radius 1 is 1.02 bits per heavy atom. The number of nitro groups is 1. The summed E-state index contributed by atoms with van der Waals surface area (Å²) in [5.41, 5.74) is 0.589. The molecule has 13 heteroatoms. The Morgan fingerprint density at radius 3 is 2.33 bits per heavy atom. The van der Waals surface area contributed by atoms with Gasteiger partial charge in [0.2, 0.25) is 5.91 Å². The van der Waals surface area contributed by atoms with Gasteiger partial charge in [-0.15, -0.1) is 0 Å². The summed E-state index contributed by atoms with van der Waals surface area (Å²) in [6.45, 7) is 4.67. The molecule has 0 saturated carbocycles. The molecule has 0 bridgehead atoms. The number of halogens is 1. The number of hydrogen-bond acceptors (Lipinski definition) is 8. The van der Waals surface area contributed by atoms with Crippen LogP contribution in [-0.2, 0) is 21.4 Å². The van der Waals surface area contributed by atoms with Gasteiger partial charge in [-0.2, -0.15) is 0 Å². The number of benzene rings is 3. The Morgan fingerprint density at radius 2 is 1.70 bits per heavy atom. The molecule has 0 aliphatic rings. The second-order valence-corrected chi connectivity index (χ2v) is 11.3. The molecule has 1 N–H and O–H groups in total. The van der Waals surface area contributed by atoms with E-state index in [2.05, 4.69) is 5.32 Å². The highest BCUT2D eigenvalue weighted by atomic mass is 35.5. The van der Waals surface area contributed by atoms with Crippen molar-refractivity contribution in [1.29, 1.82) is 0 Å². The second kappa shape index (κ2) is 12.9. The summed E-state index contributed by atoms with van der Waals surface area (Å²) in [5, 5.41) is 14.4. The molecule has 3 rings (SSSR count). The van der Waals surface area contributed by atoms with E-state index in [0.29, 0.717) is 17.1 Å². The van der Waals surface area contributed by atoms with Crippen molar-refractivity contribution in [3.05, 3.63) is 80.9 Å². The summed E-state index contributed by atoms with van der Waals surface area (Å²) < 4.78 is 44.9. The molecule has 3 aromatic rings. The third-order valence-electron chi connectivity index (χ3n) is 5.74. The molecule has 0 aromatic heterocycles. The minimum Gasteiger partial charge on any atom is -0.495 e. The number of sulfonamides is 1. The van der Waals surface area contributed by atoms with Gasteiger partial charge in [-0.05, 0) is 62.7 Å². The summed E-state index contributed by atoms with van der Waals surface area (Å²) in [7, 11) is -1.65. The number of aryl methyl sites for hydroxylation is 1. The quantitative estimate of drug-likeness (QED) is 0.232. The molecule has 0 saturated heterocycles. The number of carbonyl (C=O) groups is 1. The van der Waals surface area contributed by atoms with Crippen LogP contribution in [0.1, 0.15) is 25.0 Å². The van der Waals surface area contributed by atoms with E-state index in [9.17, 15) is 23.3 Å². The summed E-state index contributed by atoms with van der Waals surface area (Å²) in [4.78, 5) is 23.5. The van der Waals surface area contributed by atoms with Crippen LogP contribution in [0.2, 0.25) is 5.02 Å². The van der Waals surface area contributed by atoms with Gasteiger partial charge in [0.15, 0.2) is 11.5 Å². The monoisotopic (exact) mass is 591 g/mol. The fourth-order valence-electron chi connectivity index (χ4n) is 3.79. The van der Waals surface area contributed by atoms with Crippen LogP contribution in [0.5, 0.6) is 17.2 Å². The van der Waals surface area contributed by atoms with Crippen molar-refractivity contribution < 1.29 is 32.3 Å².